The van der Waals surface area contributed by atoms with Gasteiger partial charge in [0.25, 0.3) is 0 Å². The van der Waals surface area contributed by atoms with Gasteiger partial charge in [-0.05, 0) is 23.8 Å². The number of halogens is 1. The van der Waals surface area contributed by atoms with Crippen molar-refractivity contribution in [2.75, 3.05) is 0 Å². The Kier molecular flexibility index (Phi) is 3.94. The number of H-pyrrole nitrogens is 2. The van der Waals surface area contributed by atoms with E-state index in [4.69, 9.17) is 0 Å². The summed E-state index contributed by atoms with van der Waals surface area (Å²) in [6.45, 7) is 0. The SMILES string of the molecule is O=c1[nH]c(/C=C/c2cccc(Br)c2)c([N+](=O)[O-])c(=O)[nH]1. The highest BCUT2D eigenvalue weighted by Gasteiger charge is 2.18. The molecule has 2 aromatic rings. The van der Waals surface area contributed by atoms with E-state index in [0.29, 0.717) is 0 Å². The Morgan fingerprint density at radius 3 is 2.60 bits per heavy atom. The normalized spacial score (nSPS) is 10.8. The van der Waals surface area contributed by atoms with Crippen molar-refractivity contribution in [3.05, 3.63) is 70.9 Å². The van der Waals surface area contributed by atoms with Crippen LogP contribution in [0.1, 0.15) is 11.3 Å². The molecule has 0 aliphatic heterocycles. The molecule has 0 atom stereocenters. The minimum atomic E-state index is -1.03. The van der Waals surface area contributed by atoms with Gasteiger partial charge in [-0.3, -0.25) is 19.9 Å². The van der Waals surface area contributed by atoms with E-state index in [0.717, 1.165) is 10.0 Å². The molecule has 7 nitrogen and oxygen atoms in total. The van der Waals surface area contributed by atoms with Crippen LogP contribution in [0.15, 0.2) is 38.3 Å². The minimum Gasteiger partial charge on any atom is -0.301 e. The lowest BCUT2D eigenvalue weighted by Gasteiger charge is -1.97. The van der Waals surface area contributed by atoms with Crippen LogP contribution in [0, 0.1) is 10.1 Å². The van der Waals surface area contributed by atoms with Crippen molar-refractivity contribution in [3.63, 3.8) is 0 Å². The Bertz CT molecular complexity index is 807. The number of aromatic amines is 2. The van der Waals surface area contributed by atoms with E-state index in [1.165, 1.54) is 6.08 Å². The second-order valence-electron chi connectivity index (χ2n) is 3.82. The molecular formula is C12H8BrN3O4. The fraction of sp³-hybridized carbons (Fsp3) is 0. The predicted molar refractivity (Wildman–Crippen MR) is 77.4 cm³/mol. The van der Waals surface area contributed by atoms with Crippen LogP contribution in [-0.4, -0.2) is 14.9 Å². The monoisotopic (exact) mass is 337 g/mol. The summed E-state index contributed by atoms with van der Waals surface area (Å²) in [5, 5.41) is 10.8. The molecule has 0 fully saturated rings. The lowest BCUT2D eigenvalue weighted by atomic mass is 10.2. The van der Waals surface area contributed by atoms with E-state index in [1.807, 2.05) is 11.1 Å². The molecule has 20 heavy (non-hydrogen) atoms. The van der Waals surface area contributed by atoms with Crippen molar-refractivity contribution in [2.24, 2.45) is 0 Å². The second-order valence-corrected chi connectivity index (χ2v) is 4.73. The summed E-state index contributed by atoms with van der Waals surface area (Å²) in [7, 11) is 0. The summed E-state index contributed by atoms with van der Waals surface area (Å²) in [6, 6.07) is 7.18. The molecule has 2 N–H and O–H groups in total. The van der Waals surface area contributed by atoms with Crippen molar-refractivity contribution >= 4 is 33.8 Å². The van der Waals surface area contributed by atoms with Crippen molar-refractivity contribution < 1.29 is 4.92 Å². The molecule has 8 heteroatoms. The molecule has 0 spiro atoms. The molecule has 1 aromatic heterocycles. The Balaban J connectivity index is 2.51. The molecule has 0 radical (unpaired) electrons. The molecule has 1 aromatic carbocycles. The van der Waals surface area contributed by atoms with Crippen LogP contribution >= 0.6 is 15.9 Å². The number of nitrogens with zero attached hydrogens (tertiary/aromatic N) is 1. The Morgan fingerprint density at radius 1 is 1.20 bits per heavy atom. The Labute approximate surface area is 120 Å². The first-order valence-corrected chi connectivity index (χ1v) is 6.21. The molecular weight excluding hydrogens is 330 g/mol. The van der Waals surface area contributed by atoms with Crippen LogP contribution in [0.4, 0.5) is 5.69 Å². The summed E-state index contributed by atoms with van der Waals surface area (Å²) >= 11 is 3.29. The van der Waals surface area contributed by atoms with E-state index in [1.54, 1.807) is 24.3 Å². The summed E-state index contributed by atoms with van der Waals surface area (Å²) in [5.41, 5.74) is -1.92. The molecule has 2 rings (SSSR count). The molecule has 0 aliphatic rings. The number of nitro groups is 1. The van der Waals surface area contributed by atoms with Gasteiger partial charge in [-0.15, -0.1) is 0 Å². The van der Waals surface area contributed by atoms with Gasteiger partial charge in [0.1, 0.15) is 5.69 Å². The van der Waals surface area contributed by atoms with E-state index < -0.39 is 21.9 Å². The highest BCUT2D eigenvalue weighted by molar-refractivity contribution is 9.10. The van der Waals surface area contributed by atoms with Gasteiger partial charge >= 0.3 is 16.9 Å². The molecule has 0 saturated carbocycles. The number of nitrogens with one attached hydrogen (secondary N) is 2. The van der Waals surface area contributed by atoms with Gasteiger partial charge in [-0.1, -0.05) is 34.1 Å². The first-order chi connectivity index (χ1) is 9.47. The molecule has 0 saturated heterocycles. The highest BCUT2D eigenvalue weighted by Crippen LogP contribution is 2.16. The zero-order valence-corrected chi connectivity index (χ0v) is 11.5. The number of hydrogen-bond acceptors (Lipinski definition) is 4. The lowest BCUT2D eigenvalue weighted by molar-refractivity contribution is -0.386. The predicted octanol–water partition coefficient (Wildman–Crippen LogP) is 1.90. The zero-order chi connectivity index (χ0) is 14.7. The summed E-state index contributed by atoms with van der Waals surface area (Å²) in [5.74, 6) is 0. The smallest absolute Gasteiger partial charge is 0.301 e. The maximum Gasteiger partial charge on any atom is 0.357 e. The number of aromatic nitrogens is 2. The van der Waals surface area contributed by atoms with Gasteiger partial charge in [-0.2, -0.15) is 0 Å². The van der Waals surface area contributed by atoms with Crippen LogP contribution < -0.4 is 11.2 Å². The minimum absolute atomic E-state index is 0.149. The maximum atomic E-state index is 11.4. The van der Waals surface area contributed by atoms with Gasteiger partial charge < -0.3 is 4.98 Å². The molecule has 0 bridgehead atoms. The van der Waals surface area contributed by atoms with Crippen molar-refractivity contribution in [1.82, 2.24) is 9.97 Å². The second kappa shape index (κ2) is 5.66. The molecule has 0 unspecified atom stereocenters. The first-order valence-electron chi connectivity index (χ1n) is 5.42. The molecule has 1 heterocycles. The molecule has 0 amide bonds. The largest absolute Gasteiger partial charge is 0.357 e. The quantitative estimate of drug-likeness (QED) is 0.658. The third kappa shape index (κ3) is 3.09. The zero-order valence-electron chi connectivity index (χ0n) is 9.92. The third-order valence-corrected chi connectivity index (χ3v) is 2.91. The fourth-order valence-corrected chi connectivity index (χ4v) is 2.01. The first kappa shape index (κ1) is 13.9. The van der Waals surface area contributed by atoms with Crippen LogP contribution in [0.2, 0.25) is 0 Å². The van der Waals surface area contributed by atoms with Crippen LogP contribution in [0.25, 0.3) is 12.2 Å². The number of rotatable bonds is 3. The summed E-state index contributed by atoms with van der Waals surface area (Å²) < 4.78 is 0.841. The maximum absolute atomic E-state index is 11.4. The summed E-state index contributed by atoms with van der Waals surface area (Å²) in [4.78, 5) is 36.6. The van der Waals surface area contributed by atoms with Gasteiger partial charge in [-0.25, -0.2) is 4.79 Å². The standard InChI is InChI=1S/C12H8BrN3O4/c13-8-3-1-2-7(6-8)4-5-9-10(16(19)20)11(17)15-12(18)14-9/h1-6H,(H2,14,15,17,18)/b5-4+. The van der Waals surface area contributed by atoms with Gasteiger partial charge in [0, 0.05) is 4.47 Å². The van der Waals surface area contributed by atoms with Crippen molar-refractivity contribution in [2.45, 2.75) is 0 Å². The topological polar surface area (TPSA) is 109 Å². The number of benzene rings is 1. The van der Waals surface area contributed by atoms with Gasteiger partial charge in [0.05, 0.1) is 4.92 Å². The van der Waals surface area contributed by atoms with Crippen LogP contribution in [0.3, 0.4) is 0 Å². The van der Waals surface area contributed by atoms with Crippen LogP contribution in [0.5, 0.6) is 0 Å². The average molecular weight is 338 g/mol. The van der Waals surface area contributed by atoms with Gasteiger partial charge in [0.2, 0.25) is 0 Å². The Hall–Kier alpha value is -2.48. The lowest BCUT2D eigenvalue weighted by Crippen LogP contribution is -2.25. The van der Waals surface area contributed by atoms with Gasteiger partial charge in [0.15, 0.2) is 0 Å². The number of hydrogen-bond donors (Lipinski definition) is 2. The van der Waals surface area contributed by atoms with E-state index in [9.17, 15) is 19.7 Å². The fourth-order valence-electron chi connectivity index (χ4n) is 1.59. The highest BCUT2D eigenvalue weighted by atomic mass is 79.9. The Morgan fingerprint density at radius 2 is 1.95 bits per heavy atom. The van der Waals surface area contributed by atoms with Crippen molar-refractivity contribution in [3.8, 4) is 0 Å². The van der Waals surface area contributed by atoms with E-state index in [2.05, 4.69) is 20.9 Å². The molecule has 102 valence electrons. The molecule has 0 aliphatic carbocycles. The van der Waals surface area contributed by atoms with E-state index >= 15 is 0 Å². The summed E-state index contributed by atoms with van der Waals surface area (Å²) in [6.07, 6.45) is 2.87. The average Bonchev–Trinajstić information content (AvgIpc) is 2.35. The third-order valence-electron chi connectivity index (χ3n) is 2.42. The van der Waals surface area contributed by atoms with Crippen LogP contribution in [-0.2, 0) is 0 Å². The van der Waals surface area contributed by atoms with Crippen molar-refractivity contribution in [1.29, 1.82) is 0 Å². The van der Waals surface area contributed by atoms with E-state index in [-0.39, 0.29) is 5.69 Å².